The number of carbonyl (C=O) groups is 1. The maximum absolute atomic E-state index is 10.7. The average Bonchev–Trinajstić information content (AvgIpc) is 2.57. The molecular formula is C9H5N3OS2. The SMILES string of the molecule is N#Cc1ccc2nc(NC(=O)S)sc2c1. The summed E-state index contributed by atoms with van der Waals surface area (Å²) in [4.78, 5) is 14.8. The summed E-state index contributed by atoms with van der Waals surface area (Å²) in [5, 5.41) is 11.2. The summed E-state index contributed by atoms with van der Waals surface area (Å²) in [7, 11) is 0. The molecule has 0 unspecified atom stereocenters. The smallest absolute Gasteiger partial charge is 0.282 e. The number of hydrogen-bond donors (Lipinski definition) is 2. The maximum Gasteiger partial charge on any atom is 0.282 e. The van der Waals surface area contributed by atoms with E-state index in [0.717, 1.165) is 10.2 Å². The van der Waals surface area contributed by atoms with Crippen LogP contribution in [0.2, 0.25) is 0 Å². The third kappa shape index (κ3) is 2.09. The van der Waals surface area contributed by atoms with Crippen LogP contribution in [-0.2, 0) is 0 Å². The molecule has 0 bridgehead atoms. The van der Waals surface area contributed by atoms with E-state index in [9.17, 15) is 4.79 Å². The van der Waals surface area contributed by atoms with Gasteiger partial charge in [0.2, 0.25) is 0 Å². The van der Waals surface area contributed by atoms with Crippen LogP contribution in [0, 0.1) is 11.3 Å². The third-order valence-electron chi connectivity index (χ3n) is 1.73. The lowest BCUT2D eigenvalue weighted by molar-refractivity contribution is 0.270. The van der Waals surface area contributed by atoms with Crippen LogP contribution < -0.4 is 5.32 Å². The molecule has 1 amide bonds. The molecule has 0 saturated carbocycles. The minimum absolute atomic E-state index is 0.449. The van der Waals surface area contributed by atoms with Crippen molar-refractivity contribution in [2.45, 2.75) is 0 Å². The molecular weight excluding hydrogens is 230 g/mol. The fourth-order valence-electron chi connectivity index (χ4n) is 1.14. The molecule has 0 saturated heterocycles. The van der Waals surface area contributed by atoms with Gasteiger partial charge in [-0.2, -0.15) is 5.26 Å². The largest absolute Gasteiger partial charge is 0.293 e. The predicted octanol–water partition coefficient (Wildman–Crippen LogP) is 2.63. The van der Waals surface area contributed by atoms with Crippen molar-refractivity contribution >= 4 is 44.6 Å². The summed E-state index contributed by atoms with van der Waals surface area (Å²) >= 11 is 4.91. The predicted molar refractivity (Wildman–Crippen MR) is 62.3 cm³/mol. The second-order valence-electron chi connectivity index (χ2n) is 2.74. The lowest BCUT2D eigenvalue weighted by Crippen LogP contribution is -1.99. The number of carbonyl (C=O) groups excluding carboxylic acids is 1. The number of nitrogens with one attached hydrogen (secondary N) is 1. The number of benzene rings is 1. The van der Waals surface area contributed by atoms with Crippen molar-refractivity contribution in [2.75, 3.05) is 5.32 Å². The maximum atomic E-state index is 10.7. The molecule has 74 valence electrons. The van der Waals surface area contributed by atoms with Gasteiger partial charge in [-0.05, 0) is 18.2 Å². The Labute approximate surface area is 95.0 Å². The molecule has 2 aromatic rings. The van der Waals surface area contributed by atoms with Gasteiger partial charge < -0.3 is 0 Å². The van der Waals surface area contributed by atoms with Crippen molar-refractivity contribution < 1.29 is 4.79 Å². The van der Waals surface area contributed by atoms with Crippen LogP contribution in [0.1, 0.15) is 5.56 Å². The van der Waals surface area contributed by atoms with Gasteiger partial charge in [0.15, 0.2) is 5.13 Å². The summed E-state index contributed by atoms with van der Waals surface area (Å²) < 4.78 is 0.867. The van der Waals surface area contributed by atoms with Gasteiger partial charge in [0.25, 0.3) is 5.24 Å². The fraction of sp³-hybridized carbons (Fsp3) is 0. The Morgan fingerprint density at radius 3 is 3.07 bits per heavy atom. The monoisotopic (exact) mass is 235 g/mol. The van der Waals surface area contributed by atoms with E-state index in [-0.39, 0.29) is 0 Å². The molecule has 0 aliphatic rings. The second kappa shape index (κ2) is 3.88. The van der Waals surface area contributed by atoms with Gasteiger partial charge in [0.1, 0.15) is 0 Å². The second-order valence-corrected chi connectivity index (χ2v) is 4.18. The minimum atomic E-state index is -0.449. The Hall–Kier alpha value is -1.58. The van der Waals surface area contributed by atoms with Gasteiger partial charge in [0.05, 0.1) is 21.8 Å². The van der Waals surface area contributed by atoms with Crippen molar-refractivity contribution in [1.82, 2.24) is 4.98 Å². The lowest BCUT2D eigenvalue weighted by atomic mass is 10.2. The molecule has 1 aromatic carbocycles. The lowest BCUT2D eigenvalue weighted by Gasteiger charge is -1.90. The van der Waals surface area contributed by atoms with Crippen molar-refractivity contribution in [3.63, 3.8) is 0 Å². The van der Waals surface area contributed by atoms with Gasteiger partial charge in [-0.3, -0.25) is 10.1 Å². The topological polar surface area (TPSA) is 65.8 Å². The van der Waals surface area contributed by atoms with E-state index < -0.39 is 5.24 Å². The summed E-state index contributed by atoms with van der Waals surface area (Å²) in [5.74, 6) is 0. The summed E-state index contributed by atoms with van der Waals surface area (Å²) in [6.45, 7) is 0. The number of rotatable bonds is 1. The standard InChI is InChI=1S/C9H5N3OS2/c10-4-5-1-2-6-7(3-5)15-8(11-6)12-9(13)14/h1-3H,(H2,11,12,13,14). The summed E-state index contributed by atoms with van der Waals surface area (Å²) in [6.07, 6.45) is 0. The van der Waals surface area contributed by atoms with E-state index >= 15 is 0 Å². The highest BCUT2D eigenvalue weighted by Gasteiger charge is 2.05. The molecule has 0 aliphatic carbocycles. The number of hydrogen-bond acceptors (Lipinski definition) is 4. The first kappa shape index (κ1) is 9.96. The van der Waals surface area contributed by atoms with Crippen molar-refractivity contribution in [2.24, 2.45) is 0 Å². The Morgan fingerprint density at radius 1 is 1.60 bits per heavy atom. The molecule has 2 rings (SSSR count). The van der Waals surface area contributed by atoms with Crippen LogP contribution in [0.15, 0.2) is 18.2 Å². The first-order valence-electron chi connectivity index (χ1n) is 3.99. The molecule has 1 N–H and O–H groups in total. The molecule has 0 atom stereocenters. The molecule has 4 nitrogen and oxygen atoms in total. The zero-order chi connectivity index (χ0) is 10.8. The minimum Gasteiger partial charge on any atom is -0.293 e. The molecule has 0 radical (unpaired) electrons. The Bertz CT molecular complexity index is 570. The van der Waals surface area contributed by atoms with Gasteiger partial charge in [-0.15, -0.1) is 0 Å². The Kier molecular flexibility index (Phi) is 2.58. The van der Waals surface area contributed by atoms with E-state index in [2.05, 4.69) is 22.9 Å². The van der Waals surface area contributed by atoms with Gasteiger partial charge in [-0.25, -0.2) is 4.98 Å². The van der Waals surface area contributed by atoms with Crippen LogP contribution in [0.3, 0.4) is 0 Å². The normalized spacial score (nSPS) is 9.87. The van der Waals surface area contributed by atoms with E-state index in [4.69, 9.17) is 5.26 Å². The number of anilines is 1. The van der Waals surface area contributed by atoms with Gasteiger partial charge in [0, 0.05) is 0 Å². The average molecular weight is 235 g/mol. The zero-order valence-corrected chi connectivity index (χ0v) is 9.10. The molecule has 0 aliphatic heterocycles. The molecule has 1 heterocycles. The molecule has 1 aromatic heterocycles. The number of thiazole rings is 1. The van der Waals surface area contributed by atoms with Crippen molar-refractivity contribution in [3.05, 3.63) is 23.8 Å². The number of fused-ring (bicyclic) bond motifs is 1. The number of nitrogens with zero attached hydrogens (tertiary/aromatic N) is 2. The Morgan fingerprint density at radius 2 is 2.40 bits per heavy atom. The Balaban J connectivity index is 2.47. The van der Waals surface area contributed by atoms with Crippen LogP contribution in [0.4, 0.5) is 9.93 Å². The first-order valence-corrected chi connectivity index (χ1v) is 5.26. The summed E-state index contributed by atoms with van der Waals surface area (Å²) in [6, 6.07) is 7.22. The summed E-state index contributed by atoms with van der Waals surface area (Å²) in [5.41, 5.74) is 1.34. The quantitative estimate of drug-likeness (QED) is 0.747. The molecule has 15 heavy (non-hydrogen) atoms. The van der Waals surface area contributed by atoms with Crippen LogP contribution >= 0.6 is 24.0 Å². The fourth-order valence-corrected chi connectivity index (χ4v) is 2.22. The van der Waals surface area contributed by atoms with E-state index in [1.165, 1.54) is 11.3 Å². The van der Waals surface area contributed by atoms with E-state index in [1.807, 2.05) is 6.07 Å². The van der Waals surface area contributed by atoms with E-state index in [0.29, 0.717) is 10.7 Å². The van der Waals surface area contributed by atoms with Crippen molar-refractivity contribution in [1.29, 1.82) is 5.26 Å². The molecule has 6 heteroatoms. The zero-order valence-electron chi connectivity index (χ0n) is 7.39. The van der Waals surface area contributed by atoms with Crippen LogP contribution in [0.5, 0.6) is 0 Å². The third-order valence-corrected chi connectivity index (χ3v) is 2.78. The number of aromatic nitrogens is 1. The highest BCUT2D eigenvalue weighted by atomic mass is 32.1. The van der Waals surface area contributed by atoms with Crippen molar-refractivity contribution in [3.8, 4) is 6.07 Å². The number of thiol groups is 1. The number of nitriles is 1. The first-order chi connectivity index (χ1) is 7.19. The molecule has 0 fully saturated rings. The van der Waals surface area contributed by atoms with Crippen LogP contribution in [0.25, 0.3) is 10.2 Å². The number of amides is 1. The van der Waals surface area contributed by atoms with Gasteiger partial charge in [-0.1, -0.05) is 24.0 Å². The van der Waals surface area contributed by atoms with Crippen LogP contribution in [-0.4, -0.2) is 10.2 Å². The van der Waals surface area contributed by atoms with Gasteiger partial charge >= 0.3 is 0 Å². The van der Waals surface area contributed by atoms with E-state index in [1.54, 1.807) is 18.2 Å². The molecule has 0 spiro atoms. The highest BCUT2D eigenvalue weighted by molar-refractivity contribution is 7.97. The highest BCUT2D eigenvalue weighted by Crippen LogP contribution is 2.26.